The Hall–Kier alpha value is -3.01. The van der Waals surface area contributed by atoms with Crippen LogP contribution >= 0.6 is 11.6 Å². The van der Waals surface area contributed by atoms with Crippen molar-refractivity contribution in [3.63, 3.8) is 0 Å². The quantitative estimate of drug-likeness (QED) is 0.390. The SMILES string of the molecule is COC(=O)NOc1cc(/C(C)=N/OCc2cc(F)ccc2C(F)(F)F)ccc1Cl. The van der Waals surface area contributed by atoms with Gasteiger partial charge < -0.3 is 14.4 Å². The number of hydroxylamine groups is 1. The number of oxime groups is 1. The normalized spacial score (nSPS) is 11.8. The molecule has 156 valence electrons. The number of halogens is 5. The minimum absolute atomic E-state index is 0.0774. The third-order valence-electron chi connectivity index (χ3n) is 3.57. The number of alkyl halides is 3. The van der Waals surface area contributed by atoms with E-state index in [9.17, 15) is 22.4 Å². The van der Waals surface area contributed by atoms with Crippen molar-refractivity contribution in [2.24, 2.45) is 5.16 Å². The average Bonchev–Trinajstić information content (AvgIpc) is 2.66. The number of amides is 1. The molecule has 0 saturated carbocycles. The molecule has 0 aliphatic heterocycles. The first kappa shape index (κ1) is 22.3. The number of methoxy groups -OCH3 is 1. The van der Waals surface area contributed by atoms with Gasteiger partial charge in [0.05, 0.1) is 23.4 Å². The Morgan fingerprint density at radius 3 is 2.59 bits per heavy atom. The molecule has 1 N–H and O–H groups in total. The third-order valence-corrected chi connectivity index (χ3v) is 3.89. The molecular weight excluding hydrogens is 420 g/mol. The first-order valence-electron chi connectivity index (χ1n) is 7.94. The van der Waals surface area contributed by atoms with E-state index in [1.807, 2.05) is 5.48 Å². The topological polar surface area (TPSA) is 69.2 Å². The predicted molar refractivity (Wildman–Crippen MR) is 96.0 cm³/mol. The molecule has 0 heterocycles. The number of nitrogens with one attached hydrogen (secondary N) is 1. The van der Waals surface area contributed by atoms with Gasteiger partial charge in [-0.15, -0.1) is 0 Å². The maximum Gasteiger partial charge on any atom is 0.440 e. The van der Waals surface area contributed by atoms with Crippen LogP contribution in [0.4, 0.5) is 22.4 Å². The Labute approximate surface area is 167 Å². The van der Waals surface area contributed by atoms with E-state index in [1.54, 1.807) is 6.07 Å². The zero-order valence-corrected chi connectivity index (χ0v) is 15.9. The van der Waals surface area contributed by atoms with Gasteiger partial charge in [-0.1, -0.05) is 22.8 Å². The number of nitrogens with zero attached hydrogens (tertiary/aromatic N) is 1. The van der Waals surface area contributed by atoms with Gasteiger partial charge in [0.1, 0.15) is 12.4 Å². The van der Waals surface area contributed by atoms with Gasteiger partial charge in [-0.2, -0.15) is 18.7 Å². The van der Waals surface area contributed by atoms with Gasteiger partial charge in [-0.3, -0.25) is 0 Å². The summed E-state index contributed by atoms with van der Waals surface area (Å²) >= 11 is 5.96. The molecule has 0 aliphatic carbocycles. The van der Waals surface area contributed by atoms with Crippen LogP contribution in [0.5, 0.6) is 5.75 Å². The minimum atomic E-state index is -4.65. The minimum Gasteiger partial charge on any atom is -0.451 e. The Morgan fingerprint density at radius 1 is 1.21 bits per heavy atom. The molecule has 0 spiro atoms. The highest BCUT2D eigenvalue weighted by molar-refractivity contribution is 6.32. The Balaban J connectivity index is 2.13. The molecule has 6 nitrogen and oxygen atoms in total. The molecule has 0 aromatic heterocycles. The van der Waals surface area contributed by atoms with Crippen LogP contribution in [-0.2, 0) is 22.4 Å². The Bertz CT molecular complexity index is 919. The van der Waals surface area contributed by atoms with E-state index < -0.39 is 35.8 Å². The number of hydrogen-bond donors (Lipinski definition) is 1. The zero-order valence-electron chi connectivity index (χ0n) is 15.1. The summed E-state index contributed by atoms with van der Waals surface area (Å²) in [7, 11) is 1.15. The monoisotopic (exact) mass is 434 g/mol. The lowest BCUT2D eigenvalue weighted by molar-refractivity contribution is -0.138. The van der Waals surface area contributed by atoms with Crippen molar-refractivity contribution >= 4 is 23.4 Å². The molecule has 0 bridgehead atoms. The smallest absolute Gasteiger partial charge is 0.440 e. The van der Waals surface area contributed by atoms with Crippen LogP contribution in [0, 0.1) is 5.82 Å². The largest absolute Gasteiger partial charge is 0.451 e. The van der Waals surface area contributed by atoms with Crippen LogP contribution in [0.2, 0.25) is 5.02 Å². The molecule has 0 radical (unpaired) electrons. The maximum absolute atomic E-state index is 13.3. The molecule has 0 atom stereocenters. The maximum atomic E-state index is 13.3. The van der Waals surface area contributed by atoms with Crippen molar-refractivity contribution in [3.8, 4) is 5.75 Å². The summed E-state index contributed by atoms with van der Waals surface area (Å²) in [4.78, 5) is 21.0. The predicted octanol–water partition coefficient (Wildman–Crippen LogP) is 5.09. The lowest BCUT2D eigenvalue weighted by Crippen LogP contribution is -2.26. The fourth-order valence-electron chi connectivity index (χ4n) is 2.15. The van der Waals surface area contributed by atoms with E-state index in [0.29, 0.717) is 11.6 Å². The van der Waals surface area contributed by atoms with Gasteiger partial charge in [0.15, 0.2) is 5.75 Å². The number of hydrogen-bond acceptors (Lipinski definition) is 5. The van der Waals surface area contributed by atoms with Gasteiger partial charge >= 0.3 is 12.3 Å². The van der Waals surface area contributed by atoms with Crippen molar-refractivity contribution in [2.75, 3.05) is 7.11 Å². The van der Waals surface area contributed by atoms with Crippen LogP contribution in [0.25, 0.3) is 0 Å². The summed E-state index contributed by atoms with van der Waals surface area (Å²) in [6.45, 7) is 0.932. The fourth-order valence-corrected chi connectivity index (χ4v) is 2.31. The molecule has 0 unspecified atom stereocenters. The summed E-state index contributed by atoms with van der Waals surface area (Å²) in [5.74, 6) is -0.747. The number of carbonyl (C=O) groups excluding carboxylic acids is 1. The number of ether oxygens (including phenoxy) is 1. The van der Waals surface area contributed by atoms with Crippen molar-refractivity contribution in [1.82, 2.24) is 5.48 Å². The first-order chi connectivity index (χ1) is 13.6. The Morgan fingerprint density at radius 2 is 1.93 bits per heavy atom. The zero-order chi connectivity index (χ0) is 21.6. The second-order valence-electron chi connectivity index (χ2n) is 5.59. The first-order valence-corrected chi connectivity index (χ1v) is 8.32. The molecule has 29 heavy (non-hydrogen) atoms. The van der Waals surface area contributed by atoms with Gasteiger partial charge in [-0.25, -0.2) is 9.18 Å². The van der Waals surface area contributed by atoms with E-state index in [2.05, 4.69) is 9.89 Å². The van der Waals surface area contributed by atoms with Crippen LogP contribution in [0.1, 0.15) is 23.6 Å². The van der Waals surface area contributed by atoms with Crippen LogP contribution in [0.15, 0.2) is 41.6 Å². The number of carbonyl (C=O) groups is 1. The highest BCUT2D eigenvalue weighted by Crippen LogP contribution is 2.32. The van der Waals surface area contributed by atoms with Crippen LogP contribution in [0.3, 0.4) is 0 Å². The fraction of sp³-hybridized carbons (Fsp3) is 0.222. The average molecular weight is 435 g/mol. The van der Waals surface area contributed by atoms with Crippen molar-refractivity contribution in [3.05, 3.63) is 63.9 Å². The van der Waals surface area contributed by atoms with E-state index in [4.69, 9.17) is 21.3 Å². The lowest BCUT2D eigenvalue weighted by atomic mass is 10.1. The standard InChI is InChI=1S/C18H15ClF4N2O4/c1-10(11-3-6-15(19)16(8-11)29-25-17(26)27-2)24-28-9-12-7-13(20)4-5-14(12)18(21,22)23/h3-8H,9H2,1-2H3,(H,25,26)/b24-10+. The number of rotatable bonds is 6. The van der Waals surface area contributed by atoms with Gasteiger partial charge in [0, 0.05) is 11.1 Å². The molecule has 0 aliphatic rings. The molecule has 0 saturated heterocycles. The van der Waals surface area contributed by atoms with Gasteiger partial charge in [0.2, 0.25) is 0 Å². The summed E-state index contributed by atoms with van der Waals surface area (Å²) < 4.78 is 56.6. The van der Waals surface area contributed by atoms with Crippen LogP contribution in [-0.4, -0.2) is 18.9 Å². The molecule has 1 amide bonds. The molecule has 2 aromatic rings. The Kier molecular flexibility index (Phi) is 7.27. The number of benzene rings is 2. The molecule has 0 fully saturated rings. The second-order valence-corrected chi connectivity index (χ2v) is 6.00. The van der Waals surface area contributed by atoms with Crippen molar-refractivity contribution in [1.29, 1.82) is 0 Å². The van der Waals surface area contributed by atoms with E-state index in [1.165, 1.54) is 19.1 Å². The van der Waals surface area contributed by atoms with Gasteiger partial charge in [0.25, 0.3) is 0 Å². The van der Waals surface area contributed by atoms with Crippen LogP contribution < -0.4 is 10.3 Å². The highest BCUT2D eigenvalue weighted by atomic mass is 35.5. The lowest BCUT2D eigenvalue weighted by Gasteiger charge is -2.12. The van der Waals surface area contributed by atoms with Crippen molar-refractivity contribution in [2.45, 2.75) is 19.7 Å². The third kappa shape index (κ3) is 6.24. The molecule has 2 rings (SSSR count). The molecule has 11 heteroatoms. The summed E-state index contributed by atoms with van der Waals surface area (Å²) in [6, 6.07) is 6.53. The van der Waals surface area contributed by atoms with E-state index in [0.717, 1.165) is 19.2 Å². The van der Waals surface area contributed by atoms with Crippen molar-refractivity contribution < 1.29 is 36.8 Å². The molecule has 2 aromatic carbocycles. The summed E-state index contributed by atoms with van der Waals surface area (Å²) in [5.41, 5.74) is 1.31. The van der Waals surface area contributed by atoms with Gasteiger partial charge in [-0.05, 0) is 37.3 Å². The highest BCUT2D eigenvalue weighted by Gasteiger charge is 2.33. The molecular formula is C18H15ClF4N2O4. The van der Waals surface area contributed by atoms with E-state index >= 15 is 0 Å². The van der Waals surface area contributed by atoms with E-state index in [-0.39, 0.29) is 16.5 Å². The second kappa shape index (κ2) is 9.46. The summed E-state index contributed by atoms with van der Waals surface area (Å²) in [5, 5.41) is 3.92. The summed E-state index contributed by atoms with van der Waals surface area (Å²) in [6.07, 6.45) is -5.50.